The Morgan fingerprint density at radius 1 is 0.708 bits per heavy atom. The number of ether oxygens (including phenoxy) is 2. The van der Waals surface area contributed by atoms with Crippen LogP contribution >= 0.6 is 0 Å². The maximum absolute atomic E-state index is 5.96. The maximum atomic E-state index is 5.96. The van der Waals surface area contributed by atoms with Gasteiger partial charge in [0.2, 0.25) is 0 Å². The Hall–Kier alpha value is -1.72. The minimum absolute atomic E-state index is 0.0370. The van der Waals surface area contributed by atoms with Gasteiger partial charge in [-0.2, -0.15) is 0 Å². The summed E-state index contributed by atoms with van der Waals surface area (Å²) in [7, 11) is 0. The van der Waals surface area contributed by atoms with Crippen molar-refractivity contribution in [2.45, 2.75) is 51.4 Å². The average molecular weight is 326 g/mol. The van der Waals surface area contributed by atoms with Gasteiger partial charge in [0, 0.05) is 0 Å². The first-order valence-corrected chi connectivity index (χ1v) is 8.48. The number of hydrogen-bond donors (Lipinski definition) is 2. The Bertz CT molecular complexity index is 629. The van der Waals surface area contributed by atoms with Crippen molar-refractivity contribution in [1.29, 1.82) is 0 Å². The summed E-state index contributed by atoms with van der Waals surface area (Å²) in [6.45, 7) is 5.43. The van der Waals surface area contributed by atoms with Gasteiger partial charge in [-0.25, -0.2) is 0 Å². The maximum Gasteiger partial charge on any atom is 0.0744 e. The summed E-state index contributed by atoms with van der Waals surface area (Å²) >= 11 is 0. The lowest BCUT2D eigenvalue weighted by Gasteiger charge is -2.28. The zero-order valence-corrected chi connectivity index (χ0v) is 14.3. The molecule has 0 saturated carbocycles. The van der Waals surface area contributed by atoms with Gasteiger partial charge in [-0.3, -0.25) is 0 Å². The van der Waals surface area contributed by atoms with Crippen LogP contribution in [0.4, 0.5) is 0 Å². The van der Waals surface area contributed by atoms with Crippen molar-refractivity contribution < 1.29 is 9.47 Å². The average Bonchev–Trinajstić information content (AvgIpc) is 2.62. The van der Waals surface area contributed by atoms with Gasteiger partial charge in [-0.1, -0.05) is 48.5 Å². The largest absolute Gasteiger partial charge is 0.372 e. The van der Waals surface area contributed by atoms with Crippen LogP contribution in [0.25, 0.3) is 0 Å². The Morgan fingerprint density at radius 2 is 1.08 bits per heavy atom. The van der Waals surface area contributed by atoms with Crippen molar-refractivity contribution in [2.24, 2.45) is 11.5 Å². The topological polar surface area (TPSA) is 70.5 Å². The summed E-state index contributed by atoms with van der Waals surface area (Å²) in [5, 5.41) is 0. The molecule has 4 nitrogen and oxygen atoms in total. The van der Waals surface area contributed by atoms with Gasteiger partial charge in [0.25, 0.3) is 0 Å². The van der Waals surface area contributed by atoms with E-state index < -0.39 is 0 Å². The predicted molar refractivity (Wildman–Crippen MR) is 95.2 cm³/mol. The Balaban J connectivity index is 0.000000141. The molecule has 4 atom stereocenters. The molecule has 0 unspecified atom stereocenters. The first-order valence-electron chi connectivity index (χ1n) is 8.48. The third-order valence-electron chi connectivity index (χ3n) is 4.84. The van der Waals surface area contributed by atoms with Crippen molar-refractivity contribution in [2.75, 3.05) is 0 Å². The third-order valence-corrected chi connectivity index (χ3v) is 4.84. The number of hydrogen-bond acceptors (Lipinski definition) is 4. The van der Waals surface area contributed by atoms with Crippen molar-refractivity contribution in [1.82, 2.24) is 0 Å². The number of rotatable bonds is 0. The standard InChI is InChI=1S/2C10H13NO/c2*1-7-10(11)9-5-3-2-4-8(9)6-12-7/h2*2-5,7,10H,6,11H2,1H3/t2*7-,10-/m10/s1. The van der Waals surface area contributed by atoms with Crippen LogP contribution in [-0.4, -0.2) is 12.2 Å². The van der Waals surface area contributed by atoms with Crippen LogP contribution in [0.15, 0.2) is 48.5 Å². The number of benzene rings is 2. The van der Waals surface area contributed by atoms with E-state index in [4.69, 9.17) is 20.9 Å². The molecule has 0 radical (unpaired) electrons. The lowest BCUT2D eigenvalue weighted by Crippen LogP contribution is -2.31. The van der Waals surface area contributed by atoms with Crippen LogP contribution in [-0.2, 0) is 22.7 Å². The molecule has 2 aliphatic heterocycles. The predicted octanol–water partition coefficient (Wildman–Crippen LogP) is 3.21. The zero-order chi connectivity index (χ0) is 17.1. The molecule has 4 heteroatoms. The molecule has 0 spiro atoms. The van der Waals surface area contributed by atoms with Crippen LogP contribution in [0, 0.1) is 0 Å². The minimum Gasteiger partial charge on any atom is -0.372 e. The van der Waals surface area contributed by atoms with Crippen molar-refractivity contribution >= 4 is 0 Å². The molecule has 2 aromatic carbocycles. The molecule has 0 bridgehead atoms. The van der Waals surface area contributed by atoms with Crippen LogP contribution < -0.4 is 11.5 Å². The highest BCUT2D eigenvalue weighted by atomic mass is 16.5. The van der Waals surface area contributed by atoms with E-state index in [0.717, 1.165) is 0 Å². The molecule has 128 valence electrons. The molecule has 2 aromatic rings. The van der Waals surface area contributed by atoms with E-state index in [1.165, 1.54) is 22.3 Å². The van der Waals surface area contributed by atoms with Gasteiger partial charge in [-0.05, 0) is 36.1 Å². The fourth-order valence-corrected chi connectivity index (χ4v) is 3.14. The number of nitrogens with two attached hydrogens (primary N) is 2. The van der Waals surface area contributed by atoms with E-state index in [0.29, 0.717) is 13.2 Å². The second kappa shape index (κ2) is 7.45. The number of fused-ring (bicyclic) bond motifs is 2. The summed E-state index contributed by atoms with van der Waals surface area (Å²) in [6.07, 6.45) is 0.278. The molecule has 4 N–H and O–H groups in total. The minimum atomic E-state index is 0.0370. The molecule has 0 aromatic heterocycles. The highest BCUT2D eigenvalue weighted by Crippen LogP contribution is 2.27. The van der Waals surface area contributed by atoms with E-state index in [-0.39, 0.29) is 24.3 Å². The fourth-order valence-electron chi connectivity index (χ4n) is 3.14. The molecule has 0 saturated heterocycles. The molecular weight excluding hydrogens is 300 g/mol. The molecule has 0 fully saturated rings. The molecule has 2 aliphatic rings. The first kappa shape index (κ1) is 17.1. The summed E-state index contributed by atoms with van der Waals surface area (Å²) < 4.78 is 11.0. The molecule has 24 heavy (non-hydrogen) atoms. The van der Waals surface area contributed by atoms with Gasteiger partial charge < -0.3 is 20.9 Å². The van der Waals surface area contributed by atoms with Gasteiger partial charge in [0.1, 0.15) is 0 Å². The summed E-state index contributed by atoms with van der Waals surface area (Å²) in [5.41, 5.74) is 16.8. The van der Waals surface area contributed by atoms with Gasteiger partial charge in [-0.15, -0.1) is 0 Å². The third kappa shape index (κ3) is 3.52. The van der Waals surface area contributed by atoms with Crippen LogP contribution in [0.5, 0.6) is 0 Å². The van der Waals surface area contributed by atoms with Gasteiger partial charge in [0.05, 0.1) is 37.5 Å². The van der Waals surface area contributed by atoms with Crippen LogP contribution in [0.1, 0.15) is 48.2 Å². The van der Waals surface area contributed by atoms with E-state index in [2.05, 4.69) is 24.3 Å². The quantitative estimate of drug-likeness (QED) is 0.780. The lowest BCUT2D eigenvalue weighted by molar-refractivity contribution is 0.0213. The summed E-state index contributed by atoms with van der Waals surface area (Å²) in [6, 6.07) is 16.5. The monoisotopic (exact) mass is 326 g/mol. The molecule has 2 heterocycles. The first-order chi connectivity index (χ1) is 11.6. The summed E-state index contributed by atoms with van der Waals surface area (Å²) in [4.78, 5) is 0. The van der Waals surface area contributed by atoms with E-state index >= 15 is 0 Å². The smallest absolute Gasteiger partial charge is 0.0744 e. The second-order valence-corrected chi connectivity index (χ2v) is 6.48. The Labute approximate surface area is 143 Å². The molecule has 4 rings (SSSR count). The highest BCUT2D eigenvalue weighted by molar-refractivity contribution is 5.32. The highest BCUT2D eigenvalue weighted by Gasteiger charge is 2.23. The fraction of sp³-hybridized carbons (Fsp3) is 0.400. The summed E-state index contributed by atoms with van der Waals surface area (Å²) in [5.74, 6) is 0. The van der Waals surface area contributed by atoms with Crippen LogP contribution in [0.3, 0.4) is 0 Å². The van der Waals surface area contributed by atoms with E-state index in [1.807, 2.05) is 38.1 Å². The van der Waals surface area contributed by atoms with Gasteiger partial charge in [0.15, 0.2) is 0 Å². The Kier molecular flexibility index (Phi) is 5.31. The van der Waals surface area contributed by atoms with Crippen molar-refractivity contribution in [3.8, 4) is 0 Å². The van der Waals surface area contributed by atoms with Crippen molar-refractivity contribution in [3.05, 3.63) is 70.8 Å². The zero-order valence-electron chi connectivity index (χ0n) is 14.3. The molecule has 0 aliphatic carbocycles. The van der Waals surface area contributed by atoms with Gasteiger partial charge >= 0.3 is 0 Å². The SMILES string of the molecule is C[C@@H]1OCc2ccccc2[C@H]1N.C[C@H]1OCc2ccccc2[C@@H]1N. The van der Waals surface area contributed by atoms with E-state index in [9.17, 15) is 0 Å². The normalized spacial score (nSPS) is 28.2. The molecule has 0 amide bonds. The second-order valence-electron chi connectivity index (χ2n) is 6.48. The Morgan fingerprint density at radius 3 is 1.50 bits per heavy atom. The lowest BCUT2D eigenvalue weighted by atomic mass is 9.95. The van der Waals surface area contributed by atoms with Crippen LogP contribution in [0.2, 0.25) is 0 Å². The van der Waals surface area contributed by atoms with E-state index in [1.54, 1.807) is 0 Å². The van der Waals surface area contributed by atoms with Crippen molar-refractivity contribution in [3.63, 3.8) is 0 Å². The molecular formula is C20H26N2O2.